The standard InChI is InChI=1S/C74H50BN3/c1-42(2)45-31-34-62-59(38-45)75-60-41-56-53-23-12-13-26-58(53)74(3,4)71(56)69-57-37-48(47-29-28-43-16-8-9-17-46(43)36-47)32-33-61(57)78(73(60)69)66-40-50(39-65(72(66)75)76(62)49-19-6-5-7-20-49)77-63-27-15-25-55-52-22-11-10-21-51(52)54-24-14-18-44-30-35-64(77)70(67(44)54)68(55)63/h5-42H,1-4H3/i42D. The second-order valence-electron chi connectivity index (χ2n) is 23.1. The molecular formula is C74H50BN3. The molecule has 0 amide bonds. The molecule has 18 rings (SSSR count). The van der Waals surface area contributed by atoms with E-state index >= 15 is 0 Å². The molecule has 14 aromatic rings. The van der Waals surface area contributed by atoms with Gasteiger partial charge in [-0.15, -0.1) is 0 Å². The smallest absolute Gasteiger partial charge is 0.252 e. The molecule has 3 nitrogen and oxygen atoms in total. The van der Waals surface area contributed by atoms with E-state index in [-0.39, 0.29) is 12.1 Å². The Labute approximate surface area is 454 Å². The molecule has 2 aliphatic carbocycles. The van der Waals surface area contributed by atoms with Gasteiger partial charge in [0.15, 0.2) is 0 Å². The van der Waals surface area contributed by atoms with Crippen molar-refractivity contribution in [3.8, 4) is 55.9 Å². The Bertz CT molecular complexity index is 5110. The SMILES string of the molecule is [2H]C(C)(C)c1ccc2c(c1)B1c3c(cc(-n4c5cccc6c5c5c7c(cccc7ccc54)-c4ccccc4-6)cc3-n3c4ccc(-c5ccc6ccccc6c5)cc4c4c5c(cc1c43)-c1ccccc1C5(C)C)N2c1ccccc1. The molecule has 0 bridgehead atoms. The van der Waals surface area contributed by atoms with Gasteiger partial charge in [-0.05, 0) is 166 Å². The van der Waals surface area contributed by atoms with Gasteiger partial charge in [-0.1, -0.05) is 191 Å². The van der Waals surface area contributed by atoms with Crippen molar-refractivity contribution in [2.45, 2.75) is 39.0 Å². The van der Waals surface area contributed by atoms with Crippen molar-refractivity contribution >= 4 is 105 Å². The Morgan fingerprint density at radius 3 is 1.91 bits per heavy atom. The Morgan fingerprint density at radius 2 is 1.08 bits per heavy atom. The van der Waals surface area contributed by atoms with E-state index in [0.717, 1.165) is 28.3 Å². The molecule has 0 saturated carbocycles. The molecule has 4 heterocycles. The zero-order chi connectivity index (χ0) is 52.4. The van der Waals surface area contributed by atoms with Crippen molar-refractivity contribution in [2.24, 2.45) is 0 Å². The van der Waals surface area contributed by atoms with Gasteiger partial charge in [0.05, 0.1) is 22.2 Å². The highest BCUT2D eigenvalue weighted by atomic mass is 15.2. The maximum atomic E-state index is 9.54. The fourth-order valence-electron chi connectivity index (χ4n) is 15.3. The summed E-state index contributed by atoms with van der Waals surface area (Å²) in [6.07, 6.45) is 0. The second-order valence-corrected chi connectivity index (χ2v) is 23.1. The predicted molar refractivity (Wildman–Crippen MR) is 331 cm³/mol. The van der Waals surface area contributed by atoms with Crippen LogP contribution in [0.2, 0.25) is 0 Å². The number of fused-ring (bicyclic) bond motifs is 15. The number of hydrogen-bond acceptors (Lipinski definition) is 1. The quantitative estimate of drug-likeness (QED) is 0.160. The summed E-state index contributed by atoms with van der Waals surface area (Å²) >= 11 is 0. The average Bonchev–Trinajstić information content (AvgIpc) is 3.59. The fraction of sp³-hybridized carbons (Fsp3) is 0.0811. The molecule has 0 spiro atoms. The summed E-state index contributed by atoms with van der Waals surface area (Å²) in [4.78, 5) is 2.53. The summed E-state index contributed by atoms with van der Waals surface area (Å²) in [5.41, 5.74) is 28.0. The highest BCUT2D eigenvalue weighted by molar-refractivity contribution is 7.00. The number of rotatable bonds is 4. The first-order valence-corrected chi connectivity index (χ1v) is 27.6. The third-order valence-electron chi connectivity index (χ3n) is 18.6. The third kappa shape index (κ3) is 5.35. The number of aromatic nitrogens is 2. The summed E-state index contributed by atoms with van der Waals surface area (Å²) in [6, 6.07) is 85.0. The van der Waals surface area contributed by atoms with Gasteiger partial charge in [-0.3, -0.25) is 0 Å². The van der Waals surface area contributed by atoms with Crippen LogP contribution < -0.4 is 21.3 Å². The molecule has 4 aliphatic rings. The minimum Gasteiger partial charge on any atom is -0.311 e. The van der Waals surface area contributed by atoms with Gasteiger partial charge in [0.2, 0.25) is 0 Å². The van der Waals surface area contributed by atoms with E-state index in [1.165, 1.54) is 143 Å². The Morgan fingerprint density at radius 1 is 0.423 bits per heavy atom. The first kappa shape index (κ1) is 41.8. The lowest BCUT2D eigenvalue weighted by Crippen LogP contribution is -2.60. The molecule has 0 saturated heterocycles. The van der Waals surface area contributed by atoms with E-state index in [1.807, 2.05) is 13.8 Å². The van der Waals surface area contributed by atoms with Gasteiger partial charge in [0.1, 0.15) is 0 Å². The summed E-state index contributed by atoms with van der Waals surface area (Å²) < 4.78 is 14.8. The van der Waals surface area contributed by atoms with Crippen LogP contribution in [-0.2, 0) is 5.41 Å². The molecular weight excluding hydrogens is 942 g/mol. The highest BCUT2D eigenvalue weighted by Crippen LogP contribution is 2.55. The molecule has 2 aromatic heterocycles. The largest absolute Gasteiger partial charge is 0.311 e. The van der Waals surface area contributed by atoms with Crippen molar-refractivity contribution < 1.29 is 1.37 Å². The van der Waals surface area contributed by atoms with Gasteiger partial charge in [0, 0.05) is 56.6 Å². The summed E-state index contributed by atoms with van der Waals surface area (Å²) in [5, 5.41) is 10.2. The van der Waals surface area contributed by atoms with Crippen LogP contribution in [0, 0.1) is 0 Å². The molecule has 12 aromatic carbocycles. The Balaban J connectivity index is 1.03. The van der Waals surface area contributed by atoms with E-state index in [4.69, 9.17) is 0 Å². The molecule has 0 N–H and O–H groups in total. The van der Waals surface area contributed by atoms with Crippen LogP contribution >= 0.6 is 0 Å². The number of hydrogen-bond donors (Lipinski definition) is 0. The zero-order valence-corrected chi connectivity index (χ0v) is 43.8. The lowest BCUT2D eigenvalue weighted by Gasteiger charge is -2.41. The maximum Gasteiger partial charge on any atom is 0.252 e. The maximum absolute atomic E-state index is 9.54. The van der Waals surface area contributed by atoms with Crippen LogP contribution in [0.4, 0.5) is 17.1 Å². The predicted octanol–water partition coefficient (Wildman–Crippen LogP) is 17.5. The highest BCUT2D eigenvalue weighted by Gasteiger charge is 2.47. The monoisotopic (exact) mass is 992 g/mol. The van der Waals surface area contributed by atoms with Gasteiger partial charge in [-0.2, -0.15) is 0 Å². The van der Waals surface area contributed by atoms with Crippen LogP contribution in [0.1, 0.15) is 51.7 Å². The molecule has 4 heteroatoms. The van der Waals surface area contributed by atoms with E-state index in [0.29, 0.717) is 0 Å². The first-order valence-electron chi connectivity index (χ1n) is 28.1. The number of para-hydroxylation sites is 1. The van der Waals surface area contributed by atoms with E-state index in [2.05, 4.69) is 252 Å². The minimum absolute atomic E-state index is 0.143. The molecule has 0 radical (unpaired) electrons. The lowest BCUT2D eigenvalue weighted by atomic mass is 9.33. The van der Waals surface area contributed by atoms with Gasteiger partial charge >= 0.3 is 0 Å². The van der Waals surface area contributed by atoms with Gasteiger partial charge in [0.25, 0.3) is 6.71 Å². The molecule has 0 fully saturated rings. The van der Waals surface area contributed by atoms with E-state index in [1.54, 1.807) is 0 Å². The van der Waals surface area contributed by atoms with Crippen LogP contribution in [0.15, 0.2) is 224 Å². The Kier molecular flexibility index (Phi) is 8.02. The van der Waals surface area contributed by atoms with Crippen molar-refractivity contribution in [3.63, 3.8) is 0 Å². The molecule has 0 unspecified atom stereocenters. The van der Waals surface area contributed by atoms with Gasteiger partial charge in [-0.25, -0.2) is 0 Å². The summed E-state index contributed by atoms with van der Waals surface area (Å²) in [6.45, 7) is 8.79. The number of benzene rings is 12. The molecule has 0 atom stereocenters. The van der Waals surface area contributed by atoms with Crippen LogP contribution in [0.25, 0.3) is 121 Å². The fourth-order valence-corrected chi connectivity index (χ4v) is 15.3. The van der Waals surface area contributed by atoms with Crippen LogP contribution in [0.5, 0.6) is 0 Å². The van der Waals surface area contributed by atoms with Gasteiger partial charge < -0.3 is 14.0 Å². The number of anilines is 3. The molecule has 78 heavy (non-hydrogen) atoms. The second kappa shape index (κ2) is 15.0. The van der Waals surface area contributed by atoms with Crippen molar-refractivity contribution in [3.05, 3.63) is 241 Å². The average molecular weight is 993 g/mol. The summed E-state index contributed by atoms with van der Waals surface area (Å²) in [5.74, 6) is -0.818. The van der Waals surface area contributed by atoms with Crippen LogP contribution in [0.3, 0.4) is 0 Å². The van der Waals surface area contributed by atoms with Crippen molar-refractivity contribution in [1.29, 1.82) is 0 Å². The van der Waals surface area contributed by atoms with E-state index in [9.17, 15) is 1.37 Å². The minimum atomic E-state index is -0.818. The normalized spacial score (nSPS) is 14.4. The number of nitrogens with zero attached hydrogens (tertiary/aromatic N) is 3. The van der Waals surface area contributed by atoms with Crippen molar-refractivity contribution in [1.82, 2.24) is 9.13 Å². The molecule has 364 valence electrons. The topological polar surface area (TPSA) is 13.1 Å². The summed E-state index contributed by atoms with van der Waals surface area (Å²) in [7, 11) is 0. The third-order valence-corrected chi connectivity index (χ3v) is 18.6. The van der Waals surface area contributed by atoms with E-state index < -0.39 is 5.89 Å². The van der Waals surface area contributed by atoms with Crippen LogP contribution in [-0.4, -0.2) is 15.8 Å². The first-order chi connectivity index (χ1) is 38.6. The van der Waals surface area contributed by atoms with Crippen molar-refractivity contribution in [2.75, 3.05) is 4.90 Å². The molecule has 2 aliphatic heterocycles. The lowest BCUT2D eigenvalue weighted by molar-refractivity contribution is 0.666. The Hall–Kier alpha value is -9.38. The zero-order valence-electron chi connectivity index (χ0n) is 44.8.